The number of likely N-dealkylation sites (tertiary alicyclic amines) is 1. The number of rotatable bonds is 3. The number of fused-ring (bicyclic) bond motifs is 1. The summed E-state index contributed by atoms with van der Waals surface area (Å²) in [5, 5.41) is 1.13. The van der Waals surface area contributed by atoms with E-state index in [4.69, 9.17) is 4.74 Å². The Hall–Kier alpha value is -3.15. The summed E-state index contributed by atoms with van der Waals surface area (Å²) in [7, 11) is 0. The fraction of sp³-hybridized carbons (Fsp3) is 0.385. The summed E-state index contributed by atoms with van der Waals surface area (Å²) in [5.74, 6) is 0.0191. The predicted molar refractivity (Wildman–Crippen MR) is 126 cm³/mol. The molecule has 1 unspecified atom stereocenters. The molecule has 2 aromatic heterocycles. The second-order valence-corrected chi connectivity index (χ2v) is 9.35. The van der Waals surface area contributed by atoms with E-state index < -0.39 is 5.60 Å². The Balaban J connectivity index is 1.66. The van der Waals surface area contributed by atoms with Crippen molar-refractivity contribution in [1.29, 1.82) is 0 Å². The van der Waals surface area contributed by atoms with Crippen LogP contribution in [0, 0.1) is 5.82 Å². The molecule has 0 saturated carbocycles. The van der Waals surface area contributed by atoms with E-state index in [9.17, 15) is 9.18 Å². The number of carbonyl (C=O) groups is 1. The lowest BCUT2D eigenvalue weighted by Gasteiger charge is -2.26. The number of nitrogens with zero attached hydrogens (tertiary/aromatic N) is 3. The number of aromatic nitrogens is 2. The van der Waals surface area contributed by atoms with Crippen LogP contribution in [0.1, 0.15) is 57.1 Å². The Morgan fingerprint density at radius 2 is 2.06 bits per heavy atom. The summed E-state index contributed by atoms with van der Waals surface area (Å²) in [6.07, 6.45) is 9.97. The lowest BCUT2D eigenvalue weighted by molar-refractivity contribution is 0.0256. The van der Waals surface area contributed by atoms with Crippen molar-refractivity contribution >= 4 is 23.1 Å². The number of pyridine rings is 1. The van der Waals surface area contributed by atoms with Crippen LogP contribution in [0.3, 0.4) is 0 Å². The van der Waals surface area contributed by atoms with Gasteiger partial charge >= 0.3 is 6.09 Å². The lowest BCUT2D eigenvalue weighted by Crippen LogP contribution is -2.37. The van der Waals surface area contributed by atoms with Crippen LogP contribution in [0.15, 0.2) is 49.4 Å². The molecular weight excluding hydrogens is 405 g/mol. The molecule has 5 nitrogen and oxygen atoms in total. The van der Waals surface area contributed by atoms with Crippen molar-refractivity contribution < 1.29 is 13.9 Å². The van der Waals surface area contributed by atoms with Crippen LogP contribution in [0.4, 0.5) is 9.18 Å². The van der Waals surface area contributed by atoms with Gasteiger partial charge in [-0.25, -0.2) is 9.18 Å². The maximum Gasteiger partial charge on any atom is 0.410 e. The van der Waals surface area contributed by atoms with Gasteiger partial charge in [0.2, 0.25) is 0 Å². The van der Waals surface area contributed by atoms with Crippen molar-refractivity contribution in [2.75, 3.05) is 13.1 Å². The molecule has 6 heteroatoms. The molecule has 3 aromatic rings. The summed E-state index contributed by atoms with van der Waals surface area (Å²) in [6, 6.07) is 6.78. The highest BCUT2D eigenvalue weighted by atomic mass is 19.1. The van der Waals surface area contributed by atoms with Crippen molar-refractivity contribution in [2.45, 2.75) is 51.6 Å². The van der Waals surface area contributed by atoms with Gasteiger partial charge in [0.25, 0.3) is 0 Å². The zero-order valence-electron chi connectivity index (χ0n) is 19.0. The summed E-state index contributed by atoms with van der Waals surface area (Å²) < 4.78 is 21.4. The van der Waals surface area contributed by atoms with Gasteiger partial charge in [-0.2, -0.15) is 0 Å². The van der Waals surface area contributed by atoms with Crippen LogP contribution < -0.4 is 0 Å². The molecule has 1 aromatic carbocycles. The third-order valence-corrected chi connectivity index (χ3v) is 5.93. The zero-order chi connectivity index (χ0) is 22.9. The van der Waals surface area contributed by atoms with Gasteiger partial charge in [0.1, 0.15) is 11.4 Å². The SMILES string of the molecule is C=Cc1cc(F)ccc1-n1cc(C2CCCN(C(=O)OC(C)(C)C)CC2)c2ccncc21. The molecule has 1 saturated heterocycles. The Morgan fingerprint density at radius 3 is 2.81 bits per heavy atom. The zero-order valence-corrected chi connectivity index (χ0v) is 19.0. The second kappa shape index (κ2) is 8.77. The molecule has 3 heterocycles. The van der Waals surface area contributed by atoms with Crippen LogP contribution in [0.25, 0.3) is 22.7 Å². The first-order chi connectivity index (χ1) is 15.3. The third kappa shape index (κ3) is 4.54. The van der Waals surface area contributed by atoms with Crippen LogP contribution in [0.5, 0.6) is 0 Å². The van der Waals surface area contributed by atoms with Crippen LogP contribution in [-0.4, -0.2) is 39.2 Å². The highest BCUT2D eigenvalue weighted by Gasteiger charge is 2.27. The maximum absolute atomic E-state index is 13.8. The van der Waals surface area contributed by atoms with Crippen molar-refractivity contribution in [3.05, 3.63) is 66.4 Å². The van der Waals surface area contributed by atoms with Gasteiger partial charge in [-0.15, -0.1) is 0 Å². The first kappa shape index (κ1) is 22.1. The van der Waals surface area contributed by atoms with E-state index in [0.717, 1.165) is 41.4 Å². The van der Waals surface area contributed by atoms with Crippen LogP contribution in [0.2, 0.25) is 0 Å². The monoisotopic (exact) mass is 435 g/mol. The Kier molecular flexibility index (Phi) is 6.04. The number of hydrogen-bond acceptors (Lipinski definition) is 3. The number of amides is 1. The Labute approximate surface area is 188 Å². The van der Waals surface area contributed by atoms with Gasteiger partial charge < -0.3 is 14.2 Å². The number of carbonyl (C=O) groups excluding carboxylic acids is 1. The smallest absolute Gasteiger partial charge is 0.410 e. The van der Waals surface area contributed by atoms with E-state index >= 15 is 0 Å². The van der Waals surface area contributed by atoms with E-state index in [2.05, 4.69) is 22.3 Å². The first-order valence-electron chi connectivity index (χ1n) is 11.1. The van der Waals surface area contributed by atoms with E-state index in [1.165, 1.54) is 17.7 Å². The molecule has 4 rings (SSSR count). The van der Waals surface area contributed by atoms with E-state index in [0.29, 0.717) is 19.0 Å². The minimum absolute atomic E-state index is 0.244. The molecular formula is C26H30FN3O2. The van der Waals surface area contributed by atoms with Crippen molar-refractivity contribution in [1.82, 2.24) is 14.5 Å². The molecule has 1 aliphatic rings. The van der Waals surface area contributed by atoms with Gasteiger partial charge in [0, 0.05) is 36.4 Å². The van der Waals surface area contributed by atoms with E-state index in [-0.39, 0.29) is 11.9 Å². The molecule has 0 N–H and O–H groups in total. The Bertz CT molecular complexity index is 1150. The van der Waals surface area contributed by atoms with Crippen LogP contribution in [-0.2, 0) is 4.74 Å². The summed E-state index contributed by atoms with van der Waals surface area (Å²) in [5.41, 5.74) is 3.31. The summed E-state index contributed by atoms with van der Waals surface area (Å²) in [4.78, 5) is 18.7. The number of hydrogen-bond donors (Lipinski definition) is 0. The maximum atomic E-state index is 13.8. The van der Waals surface area contributed by atoms with Crippen LogP contribution >= 0.6 is 0 Å². The molecule has 0 radical (unpaired) electrons. The quantitative estimate of drug-likeness (QED) is 0.484. The molecule has 0 spiro atoms. The van der Waals surface area contributed by atoms with Crippen molar-refractivity contribution in [3.63, 3.8) is 0 Å². The molecule has 32 heavy (non-hydrogen) atoms. The number of ether oxygens (including phenoxy) is 1. The Morgan fingerprint density at radius 1 is 1.25 bits per heavy atom. The number of benzene rings is 1. The highest BCUT2D eigenvalue weighted by molar-refractivity contribution is 5.86. The largest absolute Gasteiger partial charge is 0.444 e. The van der Waals surface area contributed by atoms with Crippen molar-refractivity contribution in [2.24, 2.45) is 0 Å². The first-order valence-corrected chi connectivity index (χ1v) is 11.1. The normalized spacial score (nSPS) is 17.2. The van der Waals surface area contributed by atoms with Gasteiger partial charge in [-0.3, -0.25) is 4.98 Å². The fourth-order valence-corrected chi connectivity index (χ4v) is 4.45. The highest BCUT2D eigenvalue weighted by Crippen LogP contribution is 2.36. The van der Waals surface area contributed by atoms with Gasteiger partial charge in [-0.1, -0.05) is 12.7 Å². The topological polar surface area (TPSA) is 47.4 Å². The standard InChI is InChI=1S/C26H30FN3O2/c1-5-18-15-20(27)8-9-23(18)30-17-22(21-10-12-28-16-24(21)30)19-7-6-13-29(14-11-19)25(31)32-26(2,3)4/h5,8-10,12,15-17,19H,1,6-7,11,13-14H2,2-4H3. The summed E-state index contributed by atoms with van der Waals surface area (Å²) >= 11 is 0. The number of halogens is 1. The third-order valence-electron chi connectivity index (χ3n) is 5.93. The van der Waals surface area contributed by atoms with Crippen molar-refractivity contribution in [3.8, 4) is 5.69 Å². The van der Waals surface area contributed by atoms with E-state index in [1.54, 1.807) is 18.3 Å². The van der Waals surface area contributed by atoms with Gasteiger partial charge in [0.15, 0.2) is 0 Å². The summed E-state index contributed by atoms with van der Waals surface area (Å²) in [6.45, 7) is 10.9. The molecule has 168 valence electrons. The minimum Gasteiger partial charge on any atom is -0.444 e. The molecule has 0 aliphatic carbocycles. The molecule has 1 atom stereocenters. The van der Waals surface area contributed by atoms with Gasteiger partial charge in [0.05, 0.1) is 17.4 Å². The molecule has 1 fully saturated rings. The second-order valence-electron chi connectivity index (χ2n) is 9.35. The van der Waals surface area contributed by atoms with E-state index in [1.807, 2.05) is 37.9 Å². The fourth-order valence-electron chi connectivity index (χ4n) is 4.45. The molecule has 0 bridgehead atoms. The average Bonchev–Trinajstić information content (AvgIpc) is 2.94. The minimum atomic E-state index is -0.499. The lowest BCUT2D eigenvalue weighted by atomic mass is 9.92. The predicted octanol–water partition coefficient (Wildman–Crippen LogP) is 6.31. The average molecular weight is 436 g/mol. The molecule has 1 aliphatic heterocycles. The molecule has 1 amide bonds. The van der Waals surface area contributed by atoms with Gasteiger partial charge in [-0.05, 0) is 75.8 Å².